The maximum atomic E-state index is 12.0. The van der Waals surface area contributed by atoms with Crippen LogP contribution in [0, 0.1) is 12.3 Å². The Hall–Kier alpha value is -2.94. The number of terminal acetylenes is 1. The van der Waals surface area contributed by atoms with Crippen molar-refractivity contribution in [1.29, 1.82) is 0 Å². The Morgan fingerprint density at radius 3 is 2.70 bits per heavy atom. The number of carbonyl (C=O) groups is 2. The van der Waals surface area contributed by atoms with E-state index in [1.54, 1.807) is 18.2 Å². The van der Waals surface area contributed by atoms with E-state index in [4.69, 9.17) is 12.2 Å². The highest BCUT2D eigenvalue weighted by Gasteiger charge is 2.19. The van der Waals surface area contributed by atoms with E-state index < -0.39 is 17.9 Å². The lowest BCUT2D eigenvalue weighted by molar-refractivity contribution is -0.119. The van der Waals surface area contributed by atoms with Gasteiger partial charge in [-0.15, -0.1) is 12.3 Å². The monoisotopic (exact) mass is 268 g/mol. The van der Waals surface area contributed by atoms with E-state index in [0.29, 0.717) is 11.0 Å². The number of rotatable bonds is 4. The van der Waals surface area contributed by atoms with Gasteiger partial charge in [-0.3, -0.25) is 14.6 Å². The van der Waals surface area contributed by atoms with Crippen LogP contribution in [0.15, 0.2) is 30.5 Å². The maximum absolute atomic E-state index is 12.0. The number of aromatic nitrogens is 2. The number of nitrogens with two attached hydrogens (primary N) is 1. The molecule has 1 atom stereocenters. The van der Waals surface area contributed by atoms with Gasteiger partial charge in [0.1, 0.15) is 11.7 Å². The van der Waals surface area contributed by atoms with Crippen molar-refractivity contribution in [1.82, 2.24) is 15.3 Å². The number of nitrogens with one attached hydrogen (secondary N) is 1. The molecule has 0 aliphatic rings. The first-order chi connectivity index (χ1) is 9.61. The first-order valence-corrected chi connectivity index (χ1v) is 5.87. The molecule has 1 aromatic heterocycles. The third kappa shape index (κ3) is 2.90. The molecule has 100 valence electrons. The molecule has 0 fully saturated rings. The minimum absolute atomic E-state index is 0.0298. The van der Waals surface area contributed by atoms with Crippen LogP contribution in [0.25, 0.3) is 11.0 Å². The summed E-state index contributed by atoms with van der Waals surface area (Å²) >= 11 is 0. The van der Waals surface area contributed by atoms with Gasteiger partial charge in [-0.05, 0) is 12.1 Å². The van der Waals surface area contributed by atoms with Crippen molar-refractivity contribution in [2.75, 3.05) is 0 Å². The second kappa shape index (κ2) is 5.80. The van der Waals surface area contributed by atoms with Crippen molar-refractivity contribution in [3.05, 3.63) is 36.2 Å². The Bertz CT molecular complexity index is 706. The fourth-order valence-corrected chi connectivity index (χ4v) is 1.64. The molecule has 20 heavy (non-hydrogen) atoms. The van der Waals surface area contributed by atoms with Crippen molar-refractivity contribution in [3.63, 3.8) is 0 Å². The number of nitrogens with zero attached hydrogens (tertiary/aromatic N) is 2. The smallest absolute Gasteiger partial charge is 0.272 e. The Morgan fingerprint density at radius 1 is 1.35 bits per heavy atom. The van der Waals surface area contributed by atoms with Gasteiger partial charge in [0.05, 0.1) is 17.2 Å². The predicted molar refractivity (Wildman–Crippen MR) is 73.4 cm³/mol. The van der Waals surface area contributed by atoms with E-state index in [-0.39, 0.29) is 12.1 Å². The number of hydrogen-bond acceptors (Lipinski definition) is 4. The normalized spacial score (nSPS) is 11.6. The van der Waals surface area contributed by atoms with Crippen molar-refractivity contribution in [3.8, 4) is 12.3 Å². The Balaban J connectivity index is 2.22. The molecule has 1 unspecified atom stereocenters. The lowest BCUT2D eigenvalue weighted by Crippen LogP contribution is -2.44. The Morgan fingerprint density at radius 2 is 2.05 bits per heavy atom. The van der Waals surface area contributed by atoms with Crippen LogP contribution in [0.2, 0.25) is 0 Å². The number of primary amides is 1. The summed E-state index contributed by atoms with van der Waals surface area (Å²) in [6.07, 6.45) is 6.49. The van der Waals surface area contributed by atoms with E-state index >= 15 is 0 Å². The van der Waals surface area contributed by atoms with Gasteiger partial charge in [-0.2, -0.15) is 0 Å². The van der Waals surface area contributed by atoms with Crippen LogP contribution in [0.3, 0.4) is 0 Å². The molecule has 0 aliphatic carbocycles. The summed E-state index contributed by atoms with van der Waals surface area (Å²) < 4.78 is 0. The highest BCUT2D eigenvalue weighted by molar-refractivity contribution is 5.96. The molecule has 0 radical (unpaired) electrons. The number of hydrogen-bond donors (Lipinski definition) is 2. The van der Waals surface area contributed by atoms with E-state index in [0.717, 1.165) is 0 Å². The lowest BCUT2D eigenvalue weighted by atomic mass is 10.2. The molecule has 1 aromatic carbocycles. The SMILES string of the molecule is C#CCC(NC(=O)c1cnc2ccccc2n1)C(N)=O. The topological polar surface area (TPSA) is 98.0 Å². The summed E-state index contributed by atoms with van der Waals surface area (Å²) in [5, 5.41) is 2.44. The van der Waals surface area contributed by atoms with Gasteiger partial charge in [-0.1, -0.05) is 12.1 Å². The van der Waals surface area contributed by atoms with Gasteiger partial charge in [0.15, 0.2) is 0 Å². The van der Waals surface area contributed by atoms with E-state index in [2.05, 4.69) is 21.2 Å². The molecule has 1 heterocycles. The summed E-state index contributed by atoms with van der Waals surface area (Å²) in [5.41, 5.74) is 6.53. The van der Waals surface area contributed by atoms with Crippen molar-refractivity contribution >= 4 is 22.8 Å². The molecule has 2 aromatic rings. The minimum atomic E-state index is -0.916. The van der Waals surface area contributed by atoms with Gasteiger partial charge < -0.3 is 11.1 Å². The third-order valence-electron chi connectivity index (χ3n) is 2.65. The molecular weight excluding hydrogens is 256 g/mol. The van der Waals surface area contributed by atoms with Crippen LogP contribution in [-0.2, 0) is 4.79 Å². The van der Waals surface area contributed by atoms with Crippen LogP contribution < -0.4 is 11.1 Å². The molecule has 0 bridgehead atoms. The zero-order valence-electron chi connectivity index (χ0n) is 10.5. The molecule has 0 saturated heterocycles. The highest BCUT2D eigenvalue weighted by atomic mass is 16.2. The molecule has 0 aliphatic heterocycles. The van der Waals surface area contributed by atoms with E-state index in [9.17, 15) is 9.59 Å². The summed E-state index contributed by atoms with van der Waals surface area (Å²) in [6.45, 7) is 0. The van der Waals surface area contributed by atoms with Gasteiger partial charge >= 0.3 is 0 Å². The highest BCUT2D eigenvalue weighted by Crippen LogP contribution is 2.08. The quantitative estimate of drug-likeness (QED) is 0.776. The largest absolute Gasteiger partial charge is 0.368 e. The van der Waals surface area contributed by atoms with E-state index in [1.807, 2.05) is 6.07 Å². The molecule has 2 amide bonds. The number of fused-ring (bicyclic) bond motifs is 1. The first-order valence-electron chi connectivity index (χ1n) is 5.87. The van der Waals surface area contributed by atoms with Gasteiger partial charge in [0.2, 0.25) is 5.91 Å². The van der Waals surface area contributed by atoms with Gasteiger partial charge in [0, 0.05) is 6.42 Å². The molecule has 0 saturated carbocycles. The minimum Gasteiger partial charge on any atom is -0.368 e. The van der Waals surface area contributed by atoms with Crippen molar-refractivity contribution < 1.29 is 9.59 Å². The van der Waals surface area contributed by atoms with Crippen LogP contribution in [0.4, 0.5) is 0 Å². The Kier molecular flexibility index (Phi) is 3.91. The first kappa shape index (κ1) is 13.5. The van der Waals surface area contributed by atoms with Crippen LogP contribution in [0.1, 0.15) is 16.9 Å². The maximum Gasteiger partial charge on any atom is 0.272 e. The summed E-state index contributed by atoms with van der Waals surface area (Å²) in [7, 11) is 0. The fourth-order valence-electron chi connectivity index (χ4n) is 1.64. The zero-order chi connectivity index (χ0) is 14.5. The number of carbonyl (C=O) groups excluding carboxylic acids is 2. The van der Waals surface area contributed by atoms with Crippen LogP contribution >= 0.6 is 0 Å². The number of para-hydroxylation sites is 2. The molecule has 6 nitrogen and oxygen atoms in total. The van der Waals surface area contributed by atoms with Crippen LogP contribution in [0.5, 0.6) is 0 Å². The molecule has 3 N–H and O–H groups in total. The molecular formula is C14H12N4O2. The average molecular weight is 268 g/mol. The van der Waals surface area contributed by atoms with Crippen LogP contribution in [-0.4, -0.2) is 27.8 Å². The summed E-state index contributed by atoms with van der Waals surface area (Å²) in [6, 6.07) is 6.23. The number of benzene rings is 1. The fraction of sp³-hybridized carbons (Fsp3) is 0.143. The average Bonchev–Trinajstić information content (AvgIpc) is 2.46. The second-order valence-electron chi connectivity index (χ2n) is 4.08. The second-order valence-corrected chi connectivity index (χ2v) is 4.08. The standard InChI is InChI=1S/C14H12N4O2/c1-2-5-11(13(15)19)18-14(20)12-8-16-9-6-3-4-7-10(9)17-12/h1,3-4,6-8,11H,5H2,(H2,15,19)(H,18,20). The van der Waals surface area contributed by atoms with Gasteiger partial charge in [0.25, 0.3) is 5.91 Å². The van der Waals surface area contributed by atoms with Gasteiger partial charge in [-0.25, -0.2) is 4.98 Å². The number of amides is 2. The molecule has 2 rings (SSSR count). The molecule has 0 spiro atoms. The zero-order valence-corrected chi connectivity index (χ0v) is 10.5. The van der Waals surface area contributed by atoms with Crippen molar-refractivity contribution in [2.45, 2.75) is 12.5 Å². The predicted octanol–water partition coefficient (Wildman–Crippen LogP) is 0.237. The summed E-state index contributed by atoms with van der Waals surface area (Å²) in [4.78, 5) is 31.4. The van der Waals surface area contributed by atoms with E-state index in [1.165, 1.54) is 6.20 Å². The Labute approximate surface area is 115 Å². The summed E-state index contributed by atoms with van der Waals surface area (Å²) in [5.74, 6) is 1.05. The third-order valence-corrected chi connectivity index (χ3v) is 2.65. The molecule has 6 heteroatoms. The lowest BCUT2D eigenvalue weighted by Gasteiger charge is -2.12. The van der Waals surface area contributed by atoms with Crippen molar-refractivity contribution in [2.24, 2.45) is 5.73 Å².